The lowest BCUT2D eigenvalue weighted by molar-refractivity contribution is -0.117. The maximum Gasteiger partial charge on any atom is 0.264 e. The maximum absolute atomic E-state index is 13.6. The number of aromatic nitrogens is 2. The van der Waals surface area contributed by atoms with Crippen LogP contribution in [-0.4, -0.2) is 53.6 Å². The fraction of sp³-hybridized carbons (Fsp3) is 0.217. The minimum Gasteiger partial charge on any atom is -0.493 e. The van der Waals surface area contributed by atoms with E-state index in [2.05, 4.69) is 15.5 Å². The van der Waals surface area contributed by atoms with E-state index < -0.39 is 12.1 Å². The molecule has 2 aromatic carbocycles. The monoisotopic (exact) mass is 447 g/mol. The summed E-state index contributed by atoms with van der Waals surface area (Å²) in [7, 11) is 2.95. The predicted molar refractivity (Wildman–Crippen MR) is 119 cm³/mol. The summed E-state index contributed by atoms with van der Waals surface area (Å²) in [5, 5.41) is 9.45. The summed E-state index contributed by atoms with van der Waals surface area (Å²) < 4.78 is 10.9. The molecule has 168 valence electrons. The highest BCUT2D eigenvalue weighted by atomic mass is 16.5. The lowest BCUT2D eigenvalue weighted by atomic mass is 10.0. The van der Waals surface area contributed by atoms with Crippen molar-refractivity contribution in [3.63, 3.8) is 0 Å². The van der Waals surface area contributed by atoms with Gasteiger partial charge in [-0.25, -0.2) is 0 Å². The van der Waals surface area contributed by atoms with Gasteiger partial charge in [-0.15, -0.1) is 0 Å². The molecule has 0 radical (unpaired) electrons. The van der Waals surface area contributed by atoms with E-state index in [-0.39, 0.29) is 24.1 Å². The number of methoxy groups -OCH3 is 2. The molecule has 0 bridgehead atoms. The number of fused-ring (bicyclic) bond motifs is 5. The Bertz CT molecular complexity index is 1300. The second-order valence-electron chi connectivity index (χ2n) is 7.75. The standard InChI is InChI=1S/C23H21N5O5/c1-12-10-17(26-25-12)24-18(29)11-27-21-14-8-9-16(32-2)20(33-3)19(14)23(31)28(21)15-7-5-4-6-13(15)22(27)30/h4-10,21H,11H2,1-3H3,(H2,24,25,26,29)/t21-/m0/s1. The first kappa shape index (κ1) is 20.6. The van der Waals surface area contributed by atoms with Gasteiger partial charge in [0.2, 0.25) is 5.91 Å². The molecule has 3 heterocycles. The zero-order valence-electron chi connectivity index (χ0n) is 18.2. The van der Waals surface area contributed by atoms with Gasteiger partial charge in [0.1, 0.15) is 12.7 Å². The van der Waals surface area contributed by atoms with Crippen molar-refractivity contribution in [1.29, 1.82) is 0 Å². The van der Waals surface area contributed by atoms with Crippen molar-refractivity contribution in [1.82, 2.24) is 15.1 Å². The van der Waals surface area contributed by atoms with Crippen LogP contribution in [0.25, 0.3) is 0 Å². The summed E-state index contributed by atoms with van der Waals surface area (Å²) in [5.74, 6) is -0.0725. The molecule has 10 heteroatoms. The van der Waals surface area contributed by atoms with Crippen molar-refractivity contribution >= 4 is 29.2 Å². The Balaban J connectivity index is 1.60. The van der Waals surface area contributed by atoms with Crippen molar-refractivity contribution in [2.75, 3.05) is 31.0 Å². The molecule has 0 aliphatic carbocycles. The van der Waals surface area contributed by atoms with Crippen LogP contribution in [0.2, 0.25) is 0 Å². The number of ether oxygens (including phenoxy) is 2. The zero-order chi connectivity index (χ0) is 23.3. The molecule has 0 unspecified atom stereocenters. The lowest BCUT2D eigenvalue weighted by Crippen LogP contribution is -2.50. The maximum atomic E-state index is 13.6. The Morgan fingerprint density at radius 2 is 1.91 bits per heavy atom. The van der Waals surface area contributed by atoms with E-state index in [1.54, 1.807) is 42.5 Å². The third-order valence-corrected chi connectivity index (χ3v) is 5.77. The summed E-state index contributed by atoms with van der Waals surface area (Å²) >= 11 is 0. The number of para-hydroxylation sites is 1. The number of anilines is 2. The summed E-state index contributed by atoms with van der Waals surface area (Å²) in [6, 6.07) is 11.9. The average Bonchev–Trinajstić information content (AvgIpc) is 3.36. The second-order valence-corrected chi connectivity index (χ2v) is 7.75. The molecule has 10 nitrogen and oxygen atoms in total. The summed E-state index contributed by atoms with van der Waals surface area (Å²) in [5.41, 5.74) is 2.47. The molecule has 5 rings (SSSR count). The van der Waals surface area contributed by atoms with Crippen LogP contribution in [0.15, 0.2) is 42.5 Å². The fourth-order valence-corrected chi connectivity index (χ4v) is 4.40. The highest BCUT2D eigenvalue weighted by Crippen LogP contribution is 2.49. The van der Waals surface area contributed by atoms with Gasteiger partial charge >= 0.3 is 0 Å². The molecule has 3 aromatic rings. The molecule has 0 fully saturated rings. The minimum atomic E-state index is -0.804. The first-order valence-corrected chi connectivity index (χ1v) is 10.2. The smallest absolute Gasteiger partial charge is 0.264 e. The van der Waals surface area contributed by atoms with Gasteiger partial charge in [-0.1, -0.05) is 18.2 Å². The van der Waals surface area contributed by atoms with Gasteiger partial charge in [0.05, 0.1) is 31.0 Å². The van der Waals surface area contributed by atoms with Crippen LogP contribution in [-0.2, 0) is 4.79 Å². The molecule has 0 saturated carbocycles. The molecule has 0 spiro atoms. The highest BCUT2D eigenvalue weighted by molar-refractivity contribution is 6.18. The Morgan fingerprint density at radius 3 is 2.61 bits per heavy atom. The van der Waals surface area contributed by atoms with E-state index in [1.165, 1.54) is 24.0 Å². The summed E-state index contributed by atoms with van der Waals surface area (Å²) in [4.78, 5) is 42.8. The van der Waals surface area contributed by atoms with E-state index in [4.69, 9.17) is 9.47 Å². The molecule has 1 atom stereocenters. The van der Waals surface area contributed by atoms with Crippen LogP contribution < -0.4 is 19.7 Å². The van der Waals surface area contributed by atoms with Crippen molar-refractivity contribution in [2.45, 2.75) is 13.1 Å². The number of amides is 3. The SMILES string of the molecule is COc1ccc2c(c1OC)C(=O)N1c3ccccc3C(=O)N(CC(=O)Nc3cc(C)[nH]n3)[C@H]21. The molecular formula is C23H21N5O5. The van der Waals surface area contributed by atoms with E-state index in [0.717, 1.165) is 5.69 Å². The summed E-state index contributed by atoms with van der Waals surface area (Å²) in [6.45, 7) is 1.54. The van der Waals surface area contributed by atoms with Gasteiger partial charge in [0.25, 0.3) is 11.8 Å². The first-order chi connectivity index (χ1) is 15.9. The number of aryl methyl sites for hydroxylation is 1. The van der Waals surface area contributed by atoms with E-state index in [1.807, 2.05) is 6.92 Å². The number of hydrogen-bond donors (Lipinski definition) is 2. The largest absolute Gasteiger partial charge is 0.493 e. The van der Waals surface area contributed by atoms with Crippen LogP contribution in [0.3, 0.4) is 0 Å². The second kappa shape index (κ2) is 7.66. The number of H-pyrrole nitrogens is 1. The number of nitrogens with zero attached hydrogens (tertiary/aromatic N) is 3. The van der Waals surface area contributed by atoms with Crippen LogP contribution in [0.1, 0.15) is 38.1 Å². The van der Waals surface area contributed by atoms with Crippen molar-refractivity contribution in [3.05, 3.63) is 64.8 Å². The van der Waals surface area contributed by atoms with Crippen molar-refractivity contribution in [2.24, 2.45) is 0 Å². The van der Waals surface area contributed by atoms with Gasteiger partial charge in [0, 0.05) is 17.3 Å². The van der Waals surface area contributed by atoms with Gasteiger partial charge in [-0.05, 0) is 25.1 Å². The van der Waals surface area contributed by atoms with E-state index in [0.29, 0.717) is 33.9 Å². The van der Waals surface area contributed by atoms with Crippen LogP contribution >= 0.6 is 0 Å². The van der Waals surface area contributed by atoms with Gasteiger partial charge in [-0.2, -0.15) is 5.10 Å². The Morgan fingerprint density at radius 1 is 1.12 bits per heavy atom. The molecule has 3 amide bonds. The Hall–Kier alpha value is -4.34. The van der Waals surface area contributed by atoms with Crippen LogP contribution in [0, 0.1) is 6.92 Å². The third kappa shape index (κ3) is 3.10. The van der Waals surface area contributed by atoms with Gasteiger partial charge < -0.3 is 19.7 Å². The lowest BCUT2D eigenvalue weighted by Gasteiger charge is -2.40. The number of carbonyl (C=O) groups excluding carboxylic acids is 3. The predicted octanol–water partition coefficient (Wildman–Crippen LogP) is 2.49. The highest BCUT2D eigenvalue weighted by Gasteiger charge is 2.50. The average molecular weight is 447 g/mol. The fourth-order valence-electron chi connectivity index (χ4n) is 4.40. The Kier molecular flexibility index (Phi) is 4.77. The topological polar surface area (TPSA) is 117 Å². The number of benzene rings is 2. The first-order valence-electron chi connectivity index (χ1n) is 10.2. The van der Waals surface area contributed by atoms with E-state index >= 15 is 0 Å². The molecule has 33 heavy (non-hydrogen) atoms. The minimum absolute atomic E-state index is 0.276. The zero-order valence-corrected chi connectivity index (χ0v) is 18.2. The van der Waals surface area contributed by atoms with Gasteiger partial charge in [0.15, 0.2) is 17.3 Å². The number of aromatic amines is 1. The number of rotatable bonds is 5. The van der Waals surface area contributed by atoms with Gasteiger partial charge in [-0.3, -0.25) is 24.4 Å². The number of nitrogens with one attached hydrogen (secondary N) is 2. The third-order valence-electron chi connectivity index (χ3n) is 5.77. The molecule has 1 aromatic heterocycles. The molecule has 0 saturated heterocycles. The molecular weight excluding hydrogens is 426 g/mol. The molecule has 2 N–H and O–H groups in total. The molecule has 2 aliphatic heterocycles. The van der Waals surface area contributed by atoms with Crippen LogP contribution in [0.4, 0.5) is 11.5 Å². The normalized spacial score (nSPS) is 16.3. The quantitative estimate of drug-likeness (QED) is 0.621. The summed E-state index contributed by atoms with van der Waals surface area (Å²) in [6.07, 6.45) is -0.804. The number of hydrogen-bond acceptors (Lipinski definition) is 6. The van der Waals surface area contributed by atoms with Crippen molar-refractivity contribution < 1.29 is 23.9 Å². The van der Waals surface area contributed by atoms with E-state index in [9.17, 15) is 14.4 Å². The Labute approximate surface area is 189 Å². The van der Waals surface area contributed by atoms with Crippen LogP contribution in [0.5, 0.6) is 11.5 Å². The molecule has 2 aliphatic rings. The number of carbonyl (C=O) groups is 3. The van der Waals surface area contributed by atoms with Crippen molar-refractivity contribution in [3.8, 4) is 11.5 Å².